The maximum absolute atomic E-state index is 11.0. The number of aliphatic hydroxyl groups is 1. The van der Waals surface area contributed by atoms with E-state index in [2.05, 4.69) is 4.72 Å². The summed E-state index contributed by atoms with van der Waals surface area (Å²) in [6.07, 6.45) is 1.11. The summed E-state index contributed by atoms with van der Waals surface area (Å²) in [7, 11) is -1.68. The molecule has 5 nitrogen and oxygen atoms in total. The molecule has 96 valence electrons. The van der Waals surface area contributed by atoms with Crippen molar-refractivity contribution in [3.05, 3.63) is 28.8 Å². The molecule has 0 aliphatic rings. The van der Waals surface area contributed by atoms with Crippen LogP contribution in [0.4, 0.5) is 0 Å². The first kappa shape index (κ1) is 14.0. The second-order valence-electron chi connectivity index (χ2n) is 3.86. The Morgan fingerprint density at radius 2 is 2.06 bits per heavy atom. The highest BCUT2D eigenvalue weighted by Gasteiger charge is 2.09. The number of sulfonamides is 1. The van der Waals surface area contributed by atoms with E-state index < -0.39 is 10.0 Å². The lowest BCUT2D eigenvalue weighted by Gasteiger charge is -2.12. The number of hydrogen-bond acceptors (Lipinski definition) is 4. The maximum Gasteiger partial charge on any atom is 0.209 e. The van der Waals surface area contributed by atoms with E-state index in [1.807, 2.05) is 13.0 Å². The van der Waals surface area contributed by atoms with Crippen molar-refractivity contribution in [1.82, 2.24) is 4.72 Å². The van der Waals surface area contributed by atoms with Crippen LogP contribution in [0, 0.1) is 6.92 Å². The topological polar surface area (TPSA) is 75.6 Å². The zero-order valence-corrected chi connectivity index (χ0v) is 11.0. The molecule has 0 amide bonds. The molecule has 0 saturated heterocycles. The molecule has 0 aromatic heterocycles. The molecule has 0 fully saturated rings. The van der Waals surface area contributed by atoms with Gasteiger partial charge in [0.1, 0.15) is 5.75 Å². The molecule has 0 bridgehead atoms. The fourth-order valence-electron chi connectivity index (χ4n) is 1.65. The lowest BCUT2D eigenvalue weighted by molar-refractivity contribution is 0.273. The summed E-state index contributed by atoms with van der Waals surface area (Å²) in [6.45, 7) is 1.91. The van der Waals surface area contributed by atoms with E-state index in [4.69, 9.17) is 4.74 Å². The minimum Gasteiger partial charge on any atom is -0.496 e. The number of aryl methyl sites for hydroxylation is 1. The van der Waals surface area contributed by atoms with Gasteiger partial charge < -0.3 is 9.84 Å². The molecular weight excluding hydrogens is 242 g/mol. The van der Waals surface area contributed by atoms with Crippen LogP contribution in [0.3, 0.4) is 0 Å². The van der Waals surface area contributed by atoms with Crippen molar-refractivity contribution in [2.24, 2.45) is 0 Å². The molecular formula is C11H17NO4S. The average Bonchev–Trinajstić information content (AvgIpc) is 2.24. The highest BCUT2D eigenvalue weighted by Crippen LogP contribution is 2.25. The zero-order valence-electron chi connectivity index (χ0n) is 10.1. The molecule has 0 unspecified atom stereocenters. The zero-order chi connectivity index (χ0) is 13.1. The quantitative estimate of drug-likeness (QED) is 0.809. The first-order valence-corrected chi connectivity index (χ1v) is 6.98. The molecule has 0 heterocycles. The van der Waals surface area contributed by atoms with Gasteiger partial charge >= 0.3 is 0 Å². The van der Waals surface area contributed by atoms with E-state index in [0.29, 0.717) is 11.3 Å². The molecule has 0 spiro atoms. The highest BCUT2D eigenvalue weighted by molar-refractivity contribution is 7.88. The van der Waals surface area contributed by atoms with Crippen molar-refractivity contribution < 1.29 is 18.3 Å². The van der Waals surface area contributed by atoms with E-state index in [1.165, 1.54) is 7.11 Å². The SMILES string of the molecule is COc1c(C)cc(CNS(C)(=O)=O)cc1CO. The first-order valence-electron chi connectivity index (χ1n) is 5.09. The number of rotatable bonds is 5. The van der Waals surface area contributed by atoms with Crippen LogP contribution in [0.15, 0.2) is 12.1 Å². The smallest absolute Gasteiger partial charge is 0.209 e. The Morgan fingerprint density at radius 1 is 1.41 bits per heavy atom. The number of benzene rings is 1. The van der Waals surface area contributed by atoms with Crippen LogP contribution < -0.4 is 9.46 Å². The summed E-state index contributed by atoms with van der Waals surface area (Å²) in [5.41, 5.74) is 2.31. The second kappa shape index (κ2) is 5.48. The van der Waals surface area contributed by atoms with Crippen LogP contribution in [0.25, 0.3) is 0 Å². The third kappa shape index (κ3) is 3.99. The average molecular weight is 259 g/mol. The van der Waals surface area contributed by atoms with Gasteiger partial charge in [0.2, 0.25) is 10.0 Å². The molecule has 1 aromatic carbocycles. The first-order chi connectivity index (χ1) is 7.87. The van der Waals surface area contributed by atoms with Crippen molar-refractivity contribution in [2.45, 2.75) is 20.1 Å². The number of ether oxygens (including phenoxy) is 1. The largest absolute Gasteiger partial charge is 0.496 e. The van der Waals surface area contributed by atoms with Crippen molar-refractivity contribution in [3.63, 3.8) is 0 Å². The normalized spacial score (nSPS) is 11.5. The Bertz CT molecular complexity index is 496. The number of nitrogens with one attached hydrogen (secondary N) is 1. The van der Waals surface area contributed by atoms with Crippen LogP contribution in [0.2, 0.25) is 0 Å². The van der Waals surface area contributed by atoms with Crippen LogP contribution in [-0.4, -0.2) is 26.9 Å². The minimum absolute atomic E-state index is 0.142. The van der Waals surface area contributed by atoms with Crippen molar-refractivity contribution in [3.8, 4) is 5.75 Å². The van der Waals surface area contributed by atoms with Gasteiger partial charge in [-0.25, -0.2) is 13.1 Å². The minimum atomic E-state index is -3.21. The Kier molecular flexibility index (Phi) is 4.50. The molecule has 17 heavy (non-hydrogen) atoms. The molecule has 0 aliphatic heterocycles. The summed E-state index contributed by atoms with van der Waals surface area (Å²) in [6, 6.07) is 3.56. The summed E-state index contributed by atoms with van der Waals surface area (Å²) in [5, 5.41) is 9.21. The van der Waals surface area contributed by atoms with Crippen molar-refractivity contribution in [1.29, 1.82) is 0 Å². The van der Waals surface area contributed by atoms with Crippen LogP contribution >= 0.6 is 0 Å². The van der Waals surface area contributed by atoms with Crippen LogP contribution in [-0.2, 0) is 23.2 Å². The van der Waals surface area contributed by atoms with Crippen molar-refractivity contribution >= 4 is 10.0 Å². The van der Waals surface area contributed by atoms with Gasteiger partial charge in [-0.2, -0.15) is 0 Å². The molecule has 1 rings (SSSR count). The Balaban J connectivity index is 2.99. The number of methoxy groups -OCH3 is 1. The van der Waals surface area contributed by atoms with Crippen LogP contribution in [0.5, 0.6) is 5.75 Å². The third-order valence-corrected chi connectivity index (χ3v) is 2.99. The van der Waals surface area contributed by atoms with Gasteiger partial charge in [-0.3, -0.25) is 0 Å². The Morgan fingerprint density at radius 3 is 2.53 bits per heavy atom. The van der Waals surface area contributed by atoms with Gasteiger partial charge in [0.25, 0.3) is 0 Å². The monoisotopic (exact) mass is 259 g/mol. The predicted octanol–water partition coefficient (Wildman–Crippen LogP) is 0.545. The van der Waals surface area contributed by atoms with E-state index in [0.717, 1.165) is 17.4 Å². The summed E-state index contributed by atoms with van der Waals surface area (Å²) in [4.78, 5) is 0. The fourth-order valence-corrected chi connectivity index (χ4v) is 2.08. The highest BCUT2D eigenvalue weighted by atomic mass is 32.2. The summed E-state index contributed by atoms with van der Waals surface area (Å²) < 4.78 is 29.5. The third-order valence-electron chi connectivity index (χ3n) is 2.32. The number of hydrogen-bond donors (Lipinski definition) is 2. The Hall–Kier alpha value is -1.11. The van der Waals surface area contributed by atoms with E-state index >= 15 is 0 Å². The van der Waals surface area contributed by atoms with Gasteiger partial charge in [0, 0.05) is 12.1 Å². The van der Waals surface area contributed by atoms with Gasteiger partial charge in [0.05, 0.1) is 20.0 Å². The van der Waals surface area contributed by atoms with Gasteiger partial charge in [0.15, 0.2) is 0 Å². The molecule has 2 N–H and O–H groups in total. The predicted molar refractivity (Wildman–Crippen MR) is 65.3 cm³/mol. The van der Waals surface area contributed by atoms with E-state index in [9.17, 15) is 13.5 Å². The van der Waals surface area contributed by atoms with Gasteiger partial charge in [-0.1, -0.05) is 6.07 Å². The fraction of sp³-hybridized carbons (Fsp3) is 0.455. The molecule has 6 heteroatoms. The van der Waals surface area contributed by atoms with E-state index in [1.54, 1.807) is 6.07 Å². The number of aliphatic hydroxyl groups excluding tert-OH is 1. The maximum atomic E-state index is 11.0. The summed E-state index contributed by atoms with van der Waals surface area (Å²) in [5.74, 6) is 0.635. The van der Waals surface area contributed by atoms with Crippen LogP contribution in [0.1, 0.15) is 16.7 Å². The molecule has 0 radical (unpaired) electrons. The van der Waals surface area contributed by atoms with Gasteiger partial charge in [-0.05, 0) is 24.1 Å². The molecule has 0 aliphatic carbocycles. The molecule has 0 saturated carbocycles. The molecule has 0 atom stereocenters. The standard InChI is InChI=1S/C11H17NO4S/c1-8-4-9(6-12-17(3,14)15)5-10(7-13)11(8)16-2/h4-5,12-13H,6-7H2,1-3H3. The lowest BCUT2D eigenvalue weighted by atomic mass is 10.1. The van der Waals surface area contributed by atoms with Gasteiger partial charge in [-0.15, -0.1) is 0 Å². The molecule has 1 aromatic rings. The van der Waals surface area contributed by atoms with Crippen molar-refractivity contribution in [2.75, 3.05) is 13.4 Å². The van der Waals surface area contributed by atoms with E-state index in [-0.39, 0.29) is 13.2 Å². The second-order valence-corrected chi connectivity index (χ2v) is 5.69. The Labute approximate surface area is 101 Å². The summed E-state index contributed by atoms with van der Waals surface area (Å²) >= 11 is 0. The lowest BCUT2D eigenvalue weighted by Crippen LogP contribution is -2.21.